The molecule has 0 bridgehead atoms. The van der Waals surface area contributed by atoms with Crippen molar-refractivity contribution in [1.29, 1.82) is 0 Å². The van der Waals surface area contributed by atoms with Crippen molar-refractivity contribution in [3.63, 3.8) is 0 Å². The van der Waals surface area contributed by atoms with Gasteiger partial charge in [0.15, 0.2) is 0 Å². The molecule has 6 nitrogen and oxygen atoms in total. The van der Waals surface area contributed by atoms with E-state index in [0.29, 0.717) is 11.8 Å². The second kappa shape index (κ2) is 7.74. The molecule has 2 saturated heterocycles. The third-order valence-corrected chi connectivity index (χ3v) is 6.51. The summed E-state index contributed by atoms with van der Waals surface area (Å²) in [6.45, 7) is 9.18. The number of carbonyl (C=O) groups excluding carboxylic acids is 1. The minimum absolute atomic E-state index is 0.167. The Hall–Kier alpha value is -1.69. The highest BCUT2D eigenvalue weighted by Crippen LogP contribution is 2.43. The van der Waals surface area contributed by atoms with Crippen LogP contribution < -0.4 is 10.2 Å². The van der Waals surface area contributed by atoms with Gasteiger partial charge in [0.1, 0.15) is 0 Å². The molecule has 2 aliphatic heterocycles. The second-order valence-corrected chi connectivity index (χ2v) is 9.09. The highest BCUT2D eigenvalue weighted by atomic mass is 16.2. The van der Waals surface area contributed by atoms with E-state index in [0.717, 1.165) is 51.5 Å². The Kier molecular flexibility index (Phi) is 5.35. The van der Waals surface area contributed by atoms with Crippen LogP contribution in [0.4, 0.5) is 5.95 Å². The zero-order chi connectivity index (χ0) is 18.9. The summed E-state index contributed by atoms with van der Waals surface area (Å²) in [7, 11) is 0. The maximum absolute atomic E-state index is 13.4. The quantitative estimate of drug-likeness (QED) is 0.797. The molecular formula is C21H33N5O. The summed E-state index contributed by atoms with van der Waals surface area (Å²) in [5.41, 5.74) is -0.330. The number of piperidine rings is 1. The van der Waals surface area contributed by atoms with Gasteiger partial charge in [0.2, 0.25) is 11.9 Å². The van der Waals surface area contributed by atoms with E-state index in [1.54, 1.807) is 12.4 Å². The second-order valence-electron chi connectivity index (χ2n) is 9.09. The number of nitrogens with zero attached hydrogens (tertiary/aromatic N) is 4. The number of amides is 1. The van der Waals surface area contributed by atoms with Crippen molar-refractivity contribution in [3.05, 3.63) is 18.5 Å². The van der Waals surface area contributed by atoms with Crippen molar-refractivity contribution < 1.29 is 4.79 Å². The first kappa shape index (κ1) is 18.7. The molecule has 4 rings (SSSR count). The first-order valence-electron chi connectivity index (χ1n) is 10.6. The van der Waals surface area contributed by atoms with Gasteiger partial charge in [0, 0.05) is 38.6 Å². The molecule has 3 fully saturated rings. The monoisotopic (exact) mass is 371 g/mol. The molecule has 0 unspecified atom stereocenters. The van der Waals surface area contributed by atoms with Crippen LogP contribution in [-0.2, 0) is 4.79 Å². The van der Waals surface area contributed by atoms with Gasteiger partial charge < -0.3 is 15.1 Å². The van der Waals surface area contributed by atoms with E-state index in [-0.39, 0.29) is 17.4 Å². The molecule has 1 amide bonds. The third-order valence-electron chi connectivity index (χ3n) is 6.51. The number of rotatable bonds is 7. The van der Waals surface area contributed by atoms with Gasteiger partial charge in [-0.05, 0) is 56.6 Å². The van der Waals surface area contributed by atoms with Gasteiger partial charge in [0.05, 0.1) is 11.5 Å². The first-order chi connectivity index (χ1) is 13.1. The molecule has 1 N–H and O–H groups in total. The summed E-state index contributed by atoms with van der Waals surface area (Å²) in [6.07, 6.45) is 9.30. The molecule has 0 spiro atoms. The predicted molar refractivity (Wildman–Crippen MR) is 106 cm³/mol. The van der Waals surface area contributed by atoms with Crippen molar-refractivity contribution in [2.24, 2.45) is 17.3 Å². The van der Waals surface area contributed by atoms with Gasteiger partial charge in [-0.25, -0.2) is 9.97 Å². The normalized spacial score (nSPS) is 28.4. The molecule has 0 radical (unpaired) electrons. The smallest absolute Gasteiger partial charge is 0.229 e. The van der Waals surface area contributed by atoms with Crippen LogP contribution in [0.1, 0.15) is 46.0 Å². The minimum atomic E-state index is -0.330. The largest absolute Gasteiger partial charge is 0.355 e. The molecule has 148 valence electrons. The maximum Gasteiger partial charge on any atom is 0.229 e. The Morgan fingerprint density at radius 3 is 2.81 bits per heavy atom. The topological polar surface area (TPSA) is 61.4 Å². The van der Waals surface area contributed by atoms with E-state index in [1.807, 2.05) is 6.07 Å². The Balaban J connectivity index is 1.56. The van der Waals surface area contributed by atoms with Crippen LogP contribution in [0.25, 0.3) is 0 Å². The van der Waals surface area contributed by atoms with E-state index >= 15 is 0 Å². The summed E-state index contributed by atoms with van der Waals surface area (Å²) in [4.78, 5) is 27.2. The van der Waals surface area contributed by atoms with Crippen molar-refractivity contribution >= 4 is 11.9 Å². The number of aromatic nitrogens is 2. The zero-order valence-electron chi connectivity index (χ0n) is 16.7. The van der Waals surface area contributed by atoms with E-state index in [1.165, 1.54) is 19.3 Å². The lowest BCUT2D eigenvalue weighted by molar-refractivity contribution is -0.132. The van der Waals surface area contributed by atoms with Crippen LogP contribution >= 0.6 is 0 Å². The third kappa shape index (κ3) is 3.96. The number of hydrogen-bond donors (Lipinski definition) is 1. The van der Waals surface area contributed by atoms with Crippen molar-refractivity contribution in [1.82, 2.24) is 20.2 Å². The lowest BCUT2D eigenvalue weighted by Crippen LogP contribution is -2.59. The van der Waals surface area contributed by atoms with Crippen LogP contribution in [-0.4, -0.2) is 59.5 Å². The zero-order valence-corrected chi connectivity index (χ0v) is 16.7. The predicted octanol–water partition coefficient (Wildman–Crippen LogP) is 2.32. The average Bonchev–Trinajstić information content (AvgIpc) is 3.42. The number of fused-ring (bicyclic) bond motifs is 1. The van der Waals surface area contributed by atoms with Crippen LogP contribution in [0.15, 0.2) is 18.5 Å². The number of anilines is 1. The number of nitrogens with one attached hydrogen (secondary N) is 1. The SMILES string of the molecule is CC(C)CCN1C[C@H]2N(c3ncccn3)CCC[C@@]2(C(=O)NCC2CC2)C1. The number of hydrogen-bond acceptors (Lipinski definition) is 5. The number of likely N-dealkylation sites (tertiary alicyclic amines) is 1. The lowest BCUT2D eigenvalue weighted by atomic mass is 9.74. The summed E-state index contributed by atoms with van der Waals surface area (Å²) < 4.78 is 0. The van der Waals surface area contributed by atoms with E-state index < -0.39 is 0 Å². The van der Waals surface area contributed by atoms with E-state index in [9.17, 15) is 4.79 Å². The highest BCUT2D eigenvalue weighted by Gasteiger charge is 2.56. The summed E-state index contributed by atoms with van der Waals surface area (Å²) >= 11 is 0. The molecule has 1 aromatic rings. The summed E-state index contributed by atoms with van der Waals surface area (Å²) in [5.74, 6) is 2.42. The Morgan fingerprint density at radius 2 is 2.11 bits per heavy atom. The molecule has 6 heteroatoms. The molecule has 27 heavy (non-hydrogen) atoms. The summed E-state index contributed by atoms with van der Waals surface area (Å²) in [5, 5.41) is 3.30. The van der Waals surface area contributed by atoms with Crippen LogP contribution in [0.3, 0.4) is 0 Å². The van der Waals surface area contributed by atoms with Gasteiger partial charge >= 0.3 is 0 Å². The van der Waals surface area contributed by atoms with Crippen LogP contribution in [0, 0.1) is 17.3 Å². The molecular weight excluding hydrogens is 338 g/mol. The molecule has 1 saturated carbocycles. The molecule has 1 aliphatic carbocycles. The van der Waals surface area contributed by atoms with Crippen LogP contribution in [0.5, 0.6) is 0 Å². The van der Waals surface area contributed by atoms with Crippen LogP contribution in [0.2, 0.25) is 0 Å². The molecule has 2 atom stereocenters. The fraction of sp³-hybridized carbons (Fsp3) is 0.762. The van der Waals surface area contributed by atoms with E-state index in [4.69, 9.17) is 0 Å². The Labute approximate surface area is 162 Å². The molecule has 3 aliphatic rings. The van der Waals surface area contributed by atoms with E-state index in [2.05, 4.69) is 38.9 Å². The molecule has 3 heterocycles. The van der Waals surface area contributed by atoms with Gasteiger partial charge in [-0.2, -0.15) is 0 Å². The lowest BCUT2D eigenvalue weighted by Gasteiger charge is -2.44. The van der Waals surface area contributed by atoms with Gasteiger partial charge in [-0.3, -0.25) is 4.79 Å². The fourth-order valence-electron chi connectivity index (χ4n) is 4.71. The average molecular weight is 372 g/mol. The Bertz CT molecular complexity index is 647. The fourth-order valence-corrected chi connectivity index (χ4v) is 4.71. The molecule has 0 aromatic carbocycles. The van der Waals surface area contributed by atoms with Gasteiger partial charge in [-0.1, -0.05) is 13.8 Å². The first-order valence-corrected chi connectivity index (χ1v) is 10.6. The Morgan fingerprint density at radius 1 is 1.33 bits per heavy atom. The number of carbonyl (C=O) groups is 1. The highest BCUT2D eigenvalue weighted by molar-refractivity contribution is 5.85. The molecule has 1 aromatic heterocycles. The van der Waals surface area contributed by atoms with Crippen molar-refractivity contribution in [2.45, 2.75) is 52.0 Å². The van der Waals surface area contributed by atoms with Gasteiger partial charge in [-0.15, -0.1) is 0 Å². The standard InChI is InChI=1S/C21H33N5O/c1-16(2)7-12-25-14-18-21(15-25,19(27)24-13-17-5-6-17)8-3-11-26(18)20-22-9-4-10-23-20/h4,9-10,16-18H,3,5-8,11-15H2,1-2H3,(H,24,27)/t18-,21-/m1/s1. The van der Waals surface area contributed by atoms with Crippen molar-refractivity contribution in [3.8, 4) is 0 Å². The van der Waals surface area contributed by atoms with Crippen molar-refractivity contribution in [2.75, 3.05) is 37.6 Å². The summed E-state index contributed by atoms with van der Waals surface area (Å²) in [6, 6.07) is 2.02. The minimum Gasteiger partial charge on any atom is -0.355 e. The maximum atomic E-state index is 13.4. The van der Waals surface area contributed by atoms with Gasteiger partial charge in [0.25, 0.3) is 0 Å².